The van der Waals surface area contributed by atoms with Gasteiger partial charge in [0.05, 0.1) is 5.57 Å². The van der Waals surface area contributed by atoms with E-state index in [0.717, 1.165) is 34.1 Å². The van der Waals surface area contributed by atoms with E-state index in [-0.39, 0.29) is 11.4 Å². The predicted molar refractivity (Wildman–Crippen MR) is 115 cm³/mol. The maximum absolute atomic E-state index is 12.6. The molecule has 1 amide bonds. The van der Waals surface area contributed by atoms with Gasteiger partial charge in [-0.05, 0) is 68.3 Å². The number of para-hydroxylation sites is 1. The summed E-state index contributed by atoms with van der Waals surface area (Å²) in [5.41, 5.74) is 5.54. The molecule has 0 saturated carbocycles. The largest absolute Gasteiger partial charge is 0.318 e. The summed E-state index contributed by atoms with van der Waals surface area (Å²) in [4.78, 5) is 16.7. The number of amides is 1. The number of aromatic nitrogens is 1. The molecule has 1 aromatic heterocycles. The van der Waals surface area contributed by atoms with Crippen molar-refractivity contribution in [3.05, 3.63) is 58.4 Å². The number of hydrazone groups is 1. The maximum Gasteiger partial charge on any atom is 0.283 e. The van der Waals surface area contributed by atoms with E-state index in [0.29, 0.717) is 5.17 Å². The highest BCUT2D eigenvalue weighted by Crippen LogP contribution is 2.30. The minimum atomic E-state index is -0.392. The molecule has 0 fully saturated rings. The van der Waals surface area contributed by atoms with Gasteiger partial charge in [-0.25, -0.2) is 0 Å². The van der Waals surface area contributed by atoms with Crippen molar-refractivity contribution in [1.82, 2.24) is 9.58 Å². The maximum atomic E-state index is 12.6. The average Bonchev–Trinajstić information content (AvgIpc) is 3.20. The second kappa shape index (κ2) is 6.91. The van der Waals surface area contributed by atoms with Crippen LogP contribution in [0.15, 0.2) is 46.0 Å². The molecule has 0 unspecified atom stereocenters. The Bertz CT molecular complexity index is 1110. The fourth-order valence-electron chi connectivity index (χ4n) is 3.45. The van der Waals surface area contributed by atoms with Crippen molar-refractivity contribution >= 4 is 39.8 Å². The zero-order chi connectivity index (χ0) is 20.0. The SMILES string of the molecule is CCC1=NN2C(=N)C(=Cc3cc(C)n(-c4ccccc4C)c3C)C(=O)N=C2S1. The van der Waals surface area contributed by atoms with Crippen molar-refractivity contribution in [2.45, 2.75) is 34.1 Å². The summed E-state index contributed by atoms with van der Waals surface area (Å²) in [5.74, 6) is -0.316. The average molecular weight is 392 g/mol. The molecule has 0 bridgehead atoms. The topological polar surface area (TPSA) is 73.8 Å². The van der Waals surface area contributed by atoms with E-state index in [1.165, 1.54) is 22.3 Å². The summed E-state index contributed by atoms with van der Waals surface area (Å²) in [7, 11) is 0. The van der Waals surface area contributed by atoms with E-state index in [1.807, 2.05) is 39.0 Å². The molecule has 4 rings (SSSR count). The first-order valence-corrected chi connectivity index (χ1v) is 9.96. The Morgan fingerprint density at radius 1 is 1.21 bits per heavy atom. The monoisotopic (exact) mass is 391 g/mol. The molecule has 6 nitrogen and oxygen atoms in total. The summed E-state index contributed by atoms with van der Waals surface area (Å²) in [5, 5.41) is 15.7. The molecular formula is C21H21N5OS. The highest BCUT2D eigenvalue weighted by Gasteiger charge is 2.35. The quantitative estimate of drug-likeness (QED) is 0.787. The smallest absolute Gasteiger partial charge is 0.283 e. The highest BCUT2D eigenvalue weighted by molar-refractivity contribution is 8.26. The lowest BCUT2D eigenvalue weighted by molar-refractivity contribution is -0.114. The number of nitrogens with one attached hydrogen (secondary N) is 1. The number of amidine groups is 2. The van der Waals surface area contributed by atoms with Gasteiger partial charge in [-0.3, -0.25) is 10.2 Å². The summed E-state index contributed by atoms with van der Waals surface area (Å²) in [6.45, 7) is 8.14. The van der Waals surface area contributed by atoms with Gasteiger partial charge in [0.25, 0.3) is 5.91 Å². The molecule has 0 aliphatic carbocycles. The molecule has 0 saturated heterocycles. The van der Waals surface area contributed by atoms with E-state index < -0.39 is 5.91 Å². The summed E-state index contributed by atoms with van der Waals surface area (Å²) < 4.78 is 2.17. The zero-order valence-corrected chi connectivity index (χ0v) is 17.1. The zero-order valence-electron chi connectivity index (χ0n) is 16.3. The van der Waals surface area contributed by atoms with E-state index >= 15 is 0 Å². The lowest BCUT2D eigenvalue weighted by Gasteiger charge is -2.20. The fourth-order valence-corrected chi connectivity index (χ4v) is 4.27. The van der Waals surface area contributed by atoms with Gasteiger partial charge in [0, 0.05) is 17.1 Å². The van der Waals surface area contributed by atoms with Crippen LogP contribution in [0.2, 0.25) is 0 Å². The molecule has 0 spiro atoms. The van der Waals surface area contributed by atoms with Crippen molar-refractivity contribution in [2.24, 2.45) is 10.1 Å². The summed E-state index contributed by atoms with van der Waals surface area (Å²) in [6, 6.07) is 10.2. The molecule has 7 heteroatoms. The number of rotatable bonds is 3. The number of nitrogens with zero attached hydrogens (tertiary/aromatic N) is 4. The molecule has 2 aliphatic heterocycles. The molecule has 0 radical (unpaired) electrons. The van der Waals surface area contributed by atoms with Gasteiger partial charge in [-0.2, -0.15) is 15.1 Å². The lowest BCUT2D eigenvalue weighted by Crippen LogP contribution is -2.35. The van der Waals surface area contributed by atoms with Crippen molar-refractivity contribution in [3.8, 4) is 5.69 Å². The van der Waals surface area contributed by atoms with Gasteiger partial charge in [0.15, 0.2) is 5.84 Å². The minimum absolute atomic E-state index is 0.0756. The first-order chi connectivity index (χ1) is 13.4. The van der Waals surface area contributed by atoms with Crippen LogP contribution in [0.25, 0.3) is 11.8 Å². The summed E-state index contributed by atoms with van der Waals surface area (Å²) in [6.07, 6.45) is 2.50. The lowest BCUT2D eigenvalue weighted by atomic mass is 10.1. The molecule has 1 N–H and O–H groups in total. The van der Waals surface area contributed by atoms with E-state index in [9.17, 15) is 4.79 Å². The second-order valence-electron chi connectivity index (χ2n) is 6.82. The standard InChI is InChI=1S/C21H21N5OS/c1-5-18-24-26-19(22)16(20(27)23-21(26)28-18)11-15-10-13(3)25(14(15)4)17-9-7-6-8-12(17)2/h6-11,22H,5H2,1-4H3. The van der Waals surface area contributed by atoms with Crippen LogP contribution in [0, 0.1) is 26.2 Å². The first kappa shape index (κ1) is 18.4. The molecular weight excluding hydrogens is 370 g/mol. The summed E-state index contributed by atoms with van der Waals surface area (Å²) >= 11 is 1.35. The van der Waals surface area contributed by atoms with Gasteiger partial charge in [-0.15, -0.1) is 0 Å². The molecule has 142 valence electrons. The highest BCUT2D eigenvalue weighted by atomic mass is 32.2. The Labute approximate surface area is 168 Å². The van der Waals surface area contributed by atoms with Crippen LogP contribution in [-0.4, -0.2) is 31.5 Å². The number of carbonyl (C=O) groups is 1. The first-order valence-electron chi connectivity index (χ1n) is 9.14. The fraction of sp³-hybridized carbons (Fsp3) is 0.238. The number of aliphatic imine (C=N–C) groups is 1. The van der Waals surface area contributed by atoms with Gasteiger partial charge in [0.2, 0.25) is 5.17 Å². The second-order valence-corrected chi connectivity index (χ2v) is 7.86. The molecule has 1 aromatic carbocycles. The van der Waals surface area contributed by atoms with Gasteiger partial charge < -0.3 is 4.57 Å². The van der Waals surface area contributed by atoms with Crippen LogP contribution in [-0.2, 0) is 4.79 Å². The number of aryl methyl sites for hydroxylation is 2. The molecule has 28 heavy (non-hydrogen) atoms. The van der Waals surface area contributed by atoms with Gasteiger partial charge in [0.1, 0.15) is 5.04 Å². The normalized spacial score (nSPS) is 17.9. The molecule has 3 heterocycles. The van der Waals surface area contributed by atoms with Crippen LogP contribution in [0.3, 0.4) is 0 Å². The molecule has 2 aromatic rings. The van der Waals surface area contributed by atoms with Gasteiger partial charge >= 0.3 is 0 Å². The van der Waals surface area contributed by atoms with Crippen LogP contribution >= 0.6 is 11.8 Å². The molecule has 2 aliphatic rings. The van der Waals surface area contributed by atoms with Gasteiger partial charge in [-0.1, -0.05) is 25.1 Å². The van der Waals surface area contributed by atoms with E-state index in [4.69, 9.17) is 5.41 Å². The van der Waals surface area contributed by atoms with Crippen LogP contribution in [0.4, 0.5) is 0 Å². The number of thioether (sulfide) groups is 1. The third-order valence-corrected chi connectivity index (χ3v) is 5.98. The van der Waals surface area contributed by atoms with Crippen molar-refractivity contribution in [2.75, 3.05) is 0 Å². The number of benzene rings is 1. The van der Waals surface area contributed by atoms with Crippen molar-refractivity contribution < 1.29 is 4.79 Å². The Balaban J connectivity index is 1.78. The number of carbonyl (C=O) groups excluding carboxylic acids is 1. The predicted octanol–water partition coefficient (Wildman–Crippen LogP) is 4.43. The number of fused-ring (bicyclic) bond motifs is 1. The Morgan fingerprint density at radius 2 is 1.96 bits per heavy atom. The van der Waals surface area contributed by atoms with Crippen LogP contribution in [0.1, 0.15) is 35.9 Å². The Hall–Kier alpha value is -2.93. The Kier molecular flexibility index (Phi) is 4.55. The minimum Gasteiger partial charge on any atom is -0.318 e. The van der Waals surface area contributed by atoms with Crippen molar-refractivity contribution in [3.63, 3.8) is 0 Å². The van der Waals surface area contributed by atoms with Crippen molar-refractivity contribution in [1.29, 1.82) is 5.41 Å². The van der Waals surface area contributed by atoms with Crippen LogP contribution in [0.5, 0.6) is 0 Å². The number of hydrogen-bond acceptors (Lipinski definition) is 4. The third-order valence-electron chi connectivity index (χ3n) is 4.93. The Morgan fingerprint density at radius 3 is 2.68 bits per heavy atom. The van der Waals surface area contributed by atoms with Crippen LogP contribution < -0.4 is 0 Å². The third kappa shape index (κ3) is 2.92. The number of hydrogen-bond donors (Lipinski definition) is 1. The van der Waals surface area contributed by atoms with E-state index in [1.54, 1.807) is 6.08 Å². The van der Waals surface area contributed by atoms with E-state index in [2.05, 4.69) is 33.7 Å². The molecule has 0 atom stereocenters.